The number of hydrogen-bond donors (Lipinski definition) is 0. The van der Waals surface area contributed by atoms with Crippen molar-refractivity contribution >= 4 is 43.8 Å². The Balaban J connectivity index is 2.36. The zero-order chi connectivity index (χ0) is 19.3. The van der Waals surface area contributed by atoms with Crippen molar-refractivity contribution in [3.8, 4) is 11.5 Å². The molecule has 138 valence electrons. The molecule has 2 rings (SSSR count). The topological polar surface area (TPSA) is 61.8 Å². The fourth-order valence-electron chi connectivity index (χ4n) is 2.13. The van der Waals surface area contributed by atoms with Crippen LogP contribution in [0.4, 0.5) is 0 Å². The third-order valence-corrected chi connectivity index (χ3v) is 4.15. The Morgan fingerprint density at radius 1 is 0.923 bits per heavy atom. The first-order valence-electron chi connectivity index (χ1n) is 7.96. The summed E-state index contributed by atoms with van der Waals surface area (Å²) in [4.78, 5) is 24.8. The van der Waals surface area contributed by atoms with E-state index in [0.717, 1.165) is 0 Å². The SMILES string of the molecule is CCOC(=O)c1cc(Br)ccc1OC(=O)c1cc(Br)ccc1OC(C)C. The van der Waals surface area contributed by atoms with Gasteiger partial charge in [0.1, 0.15) is 22.6 Å². The van der Waals surface area contributed by atoms with Gasteiger partial charge >= 0.3 is 11.9 Å². The Morgan fingerprint density at radius 3 is 2.00 bits per heavy atom. The van der Waals surface area contributed by atoms with Crippen LogP contribution in [0.15, 0.2) is 45.3 Å². The van der Waals surface area contributed by atoms with E-state index in [4.69, 9.17) is 14.2 Å². The van der Waals surface area contributed by atoms with Gasteiger partial charge in [-0.15, -0.1) is 0 Å². The summed E-state index contributed by atoms with van der Waals surface area (Å²) in [7, 11) is 0. The predicted molar refractivity (Wildman–Crippen MR) is 105 cm³/mol. The van der Waals surface area contributed by atoms with Gasteiger partial charge in [-0.05, 0) is 57.2 Å². The lowest BCUT2D eigenvalue weighted by Crippen LogP contribution is -2.16. The lowest BCUT2D eigenvalue weighted by atomic mass is 10.2. The Bertz CT molecular complexity index is 818. The van der Waals surface area contributed by atoms with E-state index in [1.807, 2.05) is 13.8 Å². The van der Waals surface area contributed by atoms with Gasteiger partial charge in [0.15, 0.2) is 0 Å². The summed E-state index contributed by atoms with van der Waals surface area (Å²) in [6.45, 7) is 5.66. The maximum Gasteiger partial charge on any atom is 0.347 e. The molecule has 0 aliphatic heterocycles. The second-order valence-corrected chi connectivity index (χ2v) is 7.39. The van der Waals surface area contributed by atoms with E-state index < -0.39 is 11.9 Å². The molecule has 0 saturated heterocycles. The summed E-state index contributed by atoms with van der Waals surface area (Å²) in [6, 6.07) is 9.84. The monoisotopic (exact) mass is 484 g/mol. The van der Waals surface area contributed by atoms with Gasteiger partial charge in [0.2, 0.25) is 0 Å². The zero-order valence-corrected chi connectivity index (χ0v) is 17.7. The van der Waals surface area contributed by atoms with Crippen molar-refractivity contribution in [1.29, 1.82) is 0 Å². The second kappa shape index (κ2) is 9.19. The maximum absolute atomic E-state index is 12.7. The van der Waals surface area contributed by atoms with Gasteiger partial charge in [-0.25, -0.2) is 9.59 Å². The van der Waals surface area contributed by atoms with Crippen LogP contribution in [-0.2, 0) is 4.74 Å². The fourth-order valence-corrected chi connectivity index (χ4v) is 2.86. The number of ether oxygens (including phenoxy) is 3. The molecular formula is C19H18Br2O5. The summed E-state index contributed by atoms with van der Waals surface area (Å²) in [5, 5.41) is 0. The first kappa shape index (κ1) is 20.5. The molecule has 0 aromatic heterocycles. The van der Waals surface area contributed by atoms with Gasteiger partial charge in [0.25, 0.3) is 0 Å². The van der Waals surface area contributed by atoms with E-state index in [9.17, 15) is 9.59 Å². The molecule has 0 atom stereocenters. The molecule has 0 unspecified atom stereocenters. The normalized spacial score (nSPS) is 10.5. The van der Waals surface area contributed by atoms with Crippen LogP contribution in [0.25, 0.3) is 0 Å². The molecule has 0 heterocycles. The Morgan fingerprint density at radius 2 is 1.46 bits per heavy atom. The van der Waals surface area contributed by atoms with Gasteiger partial charge < -0.3 is 14.2 Å². The molecule has 0 fully saturated rings. The maximum atomic E-state index is 12.7. The van der Waals surface area contributed by atoms with Crippen molar-refractivity contribution in [3.63, 3.8) is 0 Å². The Kier molecular flexibility index (Phi) is 7.23. The van der Waals surface area contributed by atoms with Gasteiger partial charge in [-0.3, -0.25) is 0 Å². The van der Waals surface area contributed by atoms with Crippen LogP contribution in [0.3, 0.4) is 0 Å². The van der Waals surface area contributed by atoms with E-state index in [1.54, 1.807) is 37.3 Å². The van der Waals surface area contributed by atoms with Crippen molar-refractivity contribution in [1.82, 2.24) is 0 Å². The van der Waals surface area contributed by atoms with E-state index in [1.165, 1.54) is 6.07 Å². The number of carbonyl (C=O) groups is 2. The van der Waals surface area contributed by atoms with Crippen LogP contribution in [0.2, 0.25) is 0 Å². The minimum absolute atomic E-state index is 0.106. The molecule has 7 heteroatoms. The van der Waals surface area contributed by atoms with Crippen LogP contribution in [0.1, 0.15) is 41.5 Å². The average Bonchev–Trinajstić information content (AvgIpc) is 2.57. The molecule has 0 amide bonds. The van der Waals surface area contributed by atoms with Crippen molar-refractivity contribution in [2.24, 2.45) is 0 Å². The standard InChI is InChI=1S/C19H18Br2O5/c1-4-24-18(22)14-9-12(20)6-8-17(14)26-19(23)15-10-13(21)5-7-16(15)25-11(2)3/h5-11H,4H2,1-3H3. The van der Waals surface area contributed by atoms with Crippen LogP contribution in [0.5, 0.6) is 11.5 Å². The molecule has 5 nitrogen and oxygen atoms in total. The third kappa shape index (κ3) is 5.32. The van der Waals surface area contributed by atoms with Crippen molar-refractivity contribution in [2.45, 2.75) is 26.9 Å². The molecule has 26 heavy (non-hydrogen) atoms. The van der Waals surface area contributed by atoms with Gasteiger partial charge in [-0.2, -0.15) is 0 Å². The van der Waals surface area contributed by atoms with Crippen molar-refractivity contribution < 1.29 is 23.8 Å². The van der Waals surface area contributed by atoms with Crippen LogP contribution in [0, 0.1) is 0 Å². The largest absolute Gasteiger partial charge is 0.490 e. The molecule has 2 aromatic rings. The fraction of sp³-hybridized carbons (Fsp3) is 0.263. The summed E-state index contributed by atoms with van der Waals surface area (Å²) in [5.41, 5.74) is 0.418. The molecule has 0 aliphatic carbocycles. The minimum atomic E-state index is -0.630. The highest BCUT2D eigenvalue weighted by Crippen LogP contribution is 2.28. The van der Waals surface area contributed by atoms with Gasteiger partial charge in [0, 0.05) is 8.95 Å². The highest BCUT2D eigenvalue weighted by molar-refractivity contribution is 9.10. The number of hydrogen-bond acceptors (Lipinski definition) is 5. The number of carbonyl (C=O) groups excluding carboxylic acids is 2. The zero-order valence-electron chi connectivity index (χ0n) is 14.5. The summed E-state index contributed by atoms with van der Waals surface area (Å²) in [6.07, 6.45) is -0.106. The lowest BCUT2D eigenvalue weighted by molar-refractivity contribution is 0.0520. The summed E-state index contributed by atoms with van der Waals surface area (Å²) >= 11 is 6.64. The van der Waals surface area contributed by atoms with E-state index in [0.29, 0.717) is 14.7 Å². The smallest absolute Gasteiger partial charge is 0.347 e. The minimum Gasteiger partial charge on any atom is -0.490 e. The molecule has 0 radical (unpaired) electrons. The number of rotatable bonds is 6. The highest BCUT2D eigenvalue weighted by Gasteiger charge is 2.21. The Hall–Kier alpha value is -1.86. The lowest BCUT2D eigenvalue weighted by Gasteiger charge is -2.15. The number of esters is 2. The molecule has 0 saturated carbocycles. The van der Waals surface area contributed by atoms with Crippen molar-refractivity contribution in [2.75, 3.05) is 6.61 Å². The number of benzene rings is 2. The van der Waals surface area contributed by atoms with Crippen LogP contribution < -0.4 is 9.47 Å². The van der Waals surface area contributed by atoms with Crippen LogP contribution in [-0.4, -0.2) is 24.6 Å². The summed E-state index contributed by atoms with van der Waals surface area (Å²) in [5.74, 6) is -0.672. The van der Waals surface area contributed by atoms with Crippen molar-refractivity contribution in [3.05, 3.63) is 56.5 Å². The molecule has 0 aliphatic rings. The first-order chi connectivity index (χ1) is 12.3. The quantitative estimate of drug-likeness (QED) is 0.405. The van der Waals surface area contributed by atoms with Gasteiger partial charge in [0.05, 0.1) is 12.7 Å². The van der Waals surface area contributed by atoms with E-state index >= 15 is 0 Å². The molecular weight excluding hydrogens is 468 g/mol. The molecule has 2 aromatic carbocycles. The second-order valence-electron chi connectivity index (χ2n) is 5.56. The average molecular weight is 486 g/mol. The molecule has 0 spiro atoms. The predicted octanol–water partition coefficient (Wildman–Crippen LogP) is 5.39. The first-order valence-corrected chi connectivity index (χ1v) is 9.55. The molecule has 0 N–H and O–H groups in total. The van der Waals surface area contributed by atoms with E-state index in [-0.39, 0.29) is 29.6 Å². The van der Waals surface area contributed by atoms with Crippen LogP contribution >= 0.6 is 31.9 Å². The summed E-state index contributed by atoms with van der Waals surface area (Å²) < 4.78 is 17.5. The molecule has 0 bridgehead atoms. The number of halogens is 2. The van der Waals surface area contributed by atoms with Gasteiger partial charge in [-0.1, -0.05) is 31.9 Å². The third-order valence-electron chi connectivity index (χ3n) is 3.16. The highest BCUT2D eigenvalue weighted by atomic mass is 79.9. The van der Waals surface area contributed by atoms with E-state index in [2.05, 4.69) is 31.9 Å². The Labute approximate surface area is 168 Å².